The molecule has 1 N–H and O–H groups in total. The van der Waals surface area contributed by atoms with Gasteiger partial charge < -0.3 is 5.32 Å². The van der Waals surface area contributed by atoms with Crippen LogP contribution in [0.1, 0.15) is 6.42 Å². The normalized spacial score (nSPS) is 24.0. The van der Waals surface area contributed by atoms with Gasteiger partial charge in [0.15, 0.2) is 0 Å². The average Bonchev–Trinajstić information content (AvgIpc) is 1.72. The predicted octanol–water partition coefficient (Wildman–Crippen LogP) is 0.388. The van der Waals surface area contributed by atoms with Crippen molar-refractivity contribution in [2.24, 2.45) is 0 Å². The van der Waals surface area contributed by atoms with Gasteiger partial charge in [-0.3, -0.25) is 0 Å². The molecular formula is C5H9N. The van der Waals surface area contributed by atoms with E-state index >= 15 is 0 Å². The van der Waals surface area contributed by atoms with Crippen molar-refractivity contribution >= 4 is 0 Å². The largest absolute Gasteiger partial charge is 0.316 e. The lowest BCUT2D eigenvalue weighted by Crippen LogP contribution is -2.22. The Balaban J connectivity index is 2.00. The Morgan fingerprint density at radius 3 is 2.00 bits per heavy atom. The molecule has 0 bridgehead atoms. The summed E-state index contributed by atoms with van der Waals surface area (Å²) >= 11 is 0. The highest BCUT2D eigenvalue weighted by Gasteiger charge is 1.94. The number of piperidine rings is 1. The molecule has 2 radical (unpaired) electrons. The van der Waals surface area contributed by atoms with Gasteiger partial charge in [-0.2, -0.15) is 0 Å². The van der Waals surface area contributed by atoms with Crippen molar-refractivity contribution in [2.75, 3.05) is 13.1 Å². The summed E-state index contributed by atoms with van der Waals surface area (Å²) in [6.07, 6.45) is 5.64. The third kappa shape index (κ3) is 0.977. The van der Waals surface area contributed by atoms with E-state index in [0.29, 0.717) is 0 Å². The van der Waals surface area contributed by atoms with Crippen molar-refractivity contribution in [2.45, 2.75) is 6.42 Å². The molecule has 1 aliphatic rings. The van der Waals surface area contributed by atoms with E-state index < -0.39 is 0 Å². The van der Waals surface area contributed by atoms with E-state index in [-0.39, 0.29) is 0 Å². The predicted molar refractivity (Wildman–Crippen MR) is 26.1 cm³/mol. The zero-order chi connectivity index (χ0) is 4.24. The number of hydrogen-bond acceptors (Lipinski definition) is 1. The van der Waals surface area contributed by atoms with Crippen molar-refractivity contribution in [1.82, 2.24) is 5.32 Å². The molecule has 0 atom stereocenters. The Labute approximate surface area is 38.7 Å². The highest BCUT2D eigenvalue weighted by molar-refractivity contribution is 4.85. The molecule has 1 saturated heterocycles. The quantitative estimate of drug-likeness (QED) is 0.446. The van der Waals surface area contributed by atoms with Gasteiger partial charge in [0, 0.05) is 0 Å². The van der Waals surface area contributed by atoms with Crippen LogP contribution in [0, 0.1) is 12.8 Å². The molecule has 1 nitrogen and oxygen atoms in total. The summed E-state index contributed by atoms with van der Waals surface area (Å²) in [5.74, 6) is 0. The molecule has 0 aromatic heterocycles. The van der Waals surface area contributed by atoms with Gasteiger partial charge in [0.1, 0.15) is 0 Å². The van der Waals surface area contributed by atoms with Crippen LogP contribution in [0.25, 0.3) is 0 Å². The van der Waals surface area contributed by atoms with Gasteiger partial charge >= 0.3 is 0 Å². The van der Waals surface area contributed by atoms with Crippen LogP contribution in [0.3, 0.4) is 0 Å². The van der Waals surface area contributed by atoms with Gasteiger partial charge in [-0.15, -0.1) is 0 Å². The Hall–Kier alpha value is -0.0400. The van der Waals surface area contributed by atoms with Gasteiger partial charge in [-0.25, -0.2) is 0 Å². The van der Waals surface area contributed by atoms with E-state index in [0.717, 1.165) is 13.1 Å². The molecule has 0 spiro atoms. The molecule has 34 valence electrons. The van der Waals surface area contributed by atoms with Crippen LogP contribution in [0.5, 0.6) is 0 Å². The molecule has 1 heterocycles. The van der Waals surface area contributed by atoms with E-state index in [1.807, 2.05) is 0 Å². The molecule has 0 amide bonds. The summed E-state index contributed by atoms with van der Waals surface area (Å²) in [6, 6.07) is 0. The SMILES string of the molecule is [CH]1C[CH]CNC1. The minimum Gasteiger partial charge on any atom is -0.316 e. The summed E-state index contributed by atoms with van der Waals surface area (Å²) in [4.78, 5) is 0. The van der Waals surface area contributed by atoms with Crippen molar-refractivity contribution < 1.29 is 0 Å². The first-order valence-corrected chi connectivity index (χ1v) is 2.34. The Morgan fingerprint density at radius 2 is 1.83 bits per heavy atom. The standard InChI is InChI=1S/C5H9N/c1-2-4-6-5-3-1/h2-3,6H,1,4-5H2. The maximum absolute atomic E-state index is 3.17. The van der Waals surface area contributed by atoms with Crippen LogP contribution in [-0.4, -0.2) is 13.1 Å². The van der Waals surface area contributed by atoms with Crippen LogP contribution >= 0.6 is 0 Å². The first-order chi connectivity index (χ1) is 3.00. The molecule has 0 unspecified atom stereocenters. The third-order valence-corrected chi connectivity index (χ3v) is 0.911. The Morgan fingerprint density at radius 1 is 1.17 bits per heavy atom. The van der Waals surface area contributed by atoms with Crippen LogP contribution in [-0.2, 0) is 0 Å². The highest BCUT2D eigenvalue weighted by atomic mass is 14.9. The zero-order valence-electron chi connectivity index (χ0n) is 3.78. The van der Waals surface area contributed by atoms with Crippen LogP contribution in [0.15, 0.2) is 0 Å². The molecule has 0 aromatic carbocycles. The minimum absolute atomic E-state index is 1.09. The fourth-order valence-corrected chi connectivity index (χ4v) is 0.572. The topological polar surface area (TPSA) is 12.0 Å². The molecule has 1 aliphatic heterocycles. The van der Waals surface area contributed by atoms with E-state index in [4.69, 9.17) is 0 Å². The molecule has 1 fully saturated rings. The molecule has 0 saturated carbocycles. The number of hydrogen-bond donors (Lipinski definition) is 1. The van der Waals surface area contributed by atoms with E-state index in [1.165, 1.54) is 6.42 Å². The zero-order valence-corrected chi connectivity index (χ0v) is 3.78. The number of nitrogens with one attached hydrogen (secondary N) is 1. The van der Waals surface area contributed by atoms with Gasteiger partial charge in [0.05, 0.1) is 0 Å². The first-order valence-electron chi connectivity index (χ1n) is 2.34. The van der Waals surface area contributed by atoms with E-state index in [9.17, 15) is 0 Å². The van der Waals surface area contributed by atoms with Crippen molar-refractivity contribution in [3.05, 3.63) is 12.8 Å². The molecule has 0 aliphatic carbocycles. The van der Waals surface area contributed by atoms with Crippen LogP contribution in [0.4, 0.5) is 0 Å². The maximum atomic E-state index is 3.17. The fraction of sp³-hybridized carbons (Fsp3) is 0.600. The first kappa shape index (κ1) is 4.13. The van der Waals surface area contributed by atoms with Crippen LogP contribution < -0.4 is 5.32 Å². The minimum atomic E-state index is 1.09. The maximum Gasteiger partial charge on any atom is -0.00172 e. The van der Waals surface area contributed by atoms with Crippen LogP contribution in [0.2, 0.25) is 0 Å². The second-order valence-electron chi connectivity index (χ2n) is 1.47. The second-order valence-corrected chi connectivity index (χ2v) is 1.47. The summed E-state index contributed by atoms with van der Waals surface area (Å²) < 4.78 is 0. The smallest absolute Gasteiger partial charge is 0.00172 e. The molecule has 1 heteroatoms. The molecule has 1 rings (SSSR count). The molecule has 0 aromatic rings. The monoisotopic (exact) mass is 83.1 g/mol. The second kappa shape index (κ2) is 2.19. The molecular weight excluding hydrogens is 74.1 g/mol. The van der Waals surface area contributed by atoms with Gasteiger partial charge in [-0.05, 0) is 32.4 Å². The van der Waals surface area contributed by atoms with E-state index in [2.05, 4.69) is 18.2 Å². The summed E-state index contributed by atoms with van der Waals surface area (Å²) in [7, 11) is 0. The van der Waals surface area contributed by atoms with Gasteiger partial charge in [-0.1, -0.05) is 0 Å². The lowest BCUT2D eigenvalue weighted by molar-refractivity contribution is 0.700. The lowest BCUT2D eigenvalue weighted by atomic mass is 10.2. The Kier molecular flexibility index (Phi) is 1.51. The fourth-order valence-electron chi connectivity index (χ4n) is 0.572. The summed E-state index contributed by atoms with van der Waals surface area (Å²) in [6.45, 7) is 2.19. The highest BCUT2D eigenvalue weighted by Crippen LogP contribution is 1.93. The van der Waals surface area contributed by atoms with Gasteiger partial charge in [0.25, 0.3) is 0 Å². The summed E-state index contributed by atoms with van der Waals surface area (Å²) in [5, 5.41) is 3.17. The van der Waals surface area contributed by atoms with Crippen molar-refractivity contribution in [3.8, 4) is 0 Å². The third-order valence-electron chi connectivity index (χ3n) is 0.911. The molecule has 6 heavy (non-hydrogen) atoms. The van der Waals surface area contributed by atoms with Crippen molar-refractivity contribution in [3.63, 3.8) is 0 Å². The lowest BCUT2D eigenvalue weighted by Gasteiger charge is -2.07. The Bertz CT molecular complexity index is 19.4. The van der Waals surface area contributed by atoms with Gasteiger partial charge in [0.2, 0.25) is 0 Å². The van der Waals surface area contributed by atoms with E-state index in [1.54, 1.807) is 0 Å². The average molecular weight is 83.1 g/mol. The summed E-state index contributed by atoms with van der Waals surface area (Å²) in [5.41, 5.74) is 0. The number of rotatable bonds is 0. The van der Waals surface area contributed by atoms with Crippen molar-refractivity contribution in [1.29, 1.82) is 0 Å².